The fraction of sp³-hybridized carbons (Fsp3) is 0.455. The number of nitrogens with one attached hydrogen (secondary N) is 1. The second kappa shape index (κ2) is 5.15. The Morgan fingerprint density at radius 2 is 2.18 bits per heavy atom. The average molecular weight is 253 g/mol. The summed E-state index contributed by atoms with van der Waals surface area (Å²) in [6.07, 6.45) is 1.18. The molecule has 1 atom stereocenters. The van der Waals surface area contributed by atoms with Crippen LogP contribution in [0.5, 0.6) is 0 Å². The molecule has 1 heterocycles. The maximum absolute atomic E-state index is 11.1. The number of anilines is 1. The molecule has 1 aromatic heterocycles. The van der Waals surface area contributed by atoms with Crippen molar-refractivity contribution in [2.24, 2.45) is 0 Å². The number of nitrogens with zero attached hydrogens (tertiary/aromatic N) is 2. The van der Waals surface area contributed by atoms with E-state index in [4.69, 9.17) is 5.26 Å². The molecule has 5 nitrogen and oxygen atoms in total. The zero-order chi connectivity index (χ0) is 13.1. The molecule has 0 aliphatic heterocycles. The number of hydrogen-bond donors (Lipinski definition) is 1. The maximum Gasteiger partial charge on any atom is 0.149 e. The van der Waals surface area contributed by atoms with E-state index in [1.54, 1.807) is 19.1 Å². The van der Waals surface area contributed by atoms with E-state index in [2.05, 4.69) is 10.3 Å². The lowest BCUT2D eigenvalue weighted by Crippen LogP contribution is -2.26. The van der Waals surface area contributed by atoms with Gasteiger partial charge in [0.05, 0.1) is 11.3 Å². The minimum atomic E-state index is -3.05. The van der Waals surface area contributed by atoms with Crippen molar-refractivity contribution in [2.45, 2.75) is 19.9 Å². The molecule has 0 radical (unpaired) electrons. The van der Waals surface area contributed by atoms with Crippen LogP contribution >= 0.6 is 0 Å². The van der Waals surface area contributed by atoms with Crippen LogP contribution in [0.15, 0.2) is 12.1 Å². The first kappa shape index (κ1) is 13.5. The molecular weight excluding hydrogens is 238 g/mol. The number of pyridine rings is 1. The van der Waals surface area contributed by atoms with Crippen LogP contribution in [-0.2, 0) is 9.84 Å². The first-order valence-corrected chi connectivity index (χ1v) is 7.20. The Hall–Kier alpha value is -1.61. The minimum Gasteiger partial charge on any atom is -0.365 e. The van der Waals surface area contributed by atoms with Gasteiger partial charge in [0.2, 0.25) is 0 Å². The van der Waals surface area contributed by atoms with Gasteiger partial charge < -0.3 is 5.32 Å². The first-order valence-electron chi connectivity index (χ1n) is 5.14. The summed E-state index contributed by atoms with van der Waals surface area (Å²) in [5, 5.41) is 11.9. The molecule has 6 heteroatoms. The van der Waals surface area contributed by atoms with Gasteiger partial charge in [0, 0.05) is 18.0 Å². The maximum atomic E-state index is 11.1. The highest BCUT2D eigenvalue weighted by Crippen LogP contribution is 2.13. The van der Waals surface area contributed by atoms with Crippen LogP contribution in [0, 0.1) is 18.3 Å². The van der Waals surface area contributed by atoms with Gasteiger partial charge in [-0.25, -0.2) is 13.4 Å². The van der Waals surface area contributed by atoms with Gasteiger partial charge in [-0.2, -0.15) is 5.26 Å². The van der Waals surface area contributed by atoms with Gasteiger partial charge in [0.1, 0.15) is 21.7 Å². The van der Waals surface area contributed by atoms with Crippen LogP contribution in [0.4, 0.5) is 5.82 Å². The van der Waals surface area contributed by atoms with Crippen molar-refractivity contribution >= 4 is 15.7 Å². The molecule has 0 bridgehead atoms. The summed E-state index contributed by atoms with van der Waals surface area (Å²) in [6.45, 7) is 3.56. The molecule has 0 saturated heterocycles. The van der Waals surface area contributed by atoms with E-state index in [0.29, 0.717) is 11.4 Å². The number of aromatic nitrogens is 1. The molecule has 17 heavy (non-hydrogen) atoms. The fourth-order valence-corrected chi connectivity index (χ4v) is 2.48. The van der Waals surface area contributed by atoms with E-state index in [-0.39, 0.29) is 11.8 Å². The van der Waals surface area contributed by atoms with Crippen LogP contribution in [0.25, 0.3) is 0 Å². The molecule has 1 unspecified atom stereocenters. The zero-order valence-electron chi connectivity index (χ0n) is 10.1. The van der Waals surface area contributed by atoms with Gasteiger partial charge in [0.15, 0.2) is 0 Å². The Morgan fingerprint density at radius 3 is 2.71 bits per heavy atom. The van der Waals surface area contributed by atoms with Crippen molar-refractivity contribution in [1.82, 2.24) is 4.98 Å². The van der Waals surface area contributed by atoms with Crippen LogP contribution in [0.1, 0.15) is 18.2 Å². The molecule has 92 valence electrons. The largest absolute Gasteiger partial charge is 0.365 e. The van der Waals surface area contributed by atoms with E-state index >= 15 is 0 Å². The highest BCUT2D eigenvalue weighted by Gasteiger charge is 2.13. The quantitative estimate of drug-likeness (QED) is 0.869. The normalized spacial score (nSPS) is 12.8. The summed E-state index contributed by atoms with van der Waals surface area (Å²) in [5.41, 5.74) is 1.19. The van der Waals surface area contributed by atoms with Crippen LogP contribution in [0.2, 0.25) is 0 Å². The van der Waals surface area contributed by atoms with E-state index in [9.17, 15) is 8.42 Å². The minimum absolute atomic E-state index is 0.00743. The Bertz CT molecular complexity index is 546. The number of nitriles is 1. The summed E-state index contributed by atoms with van der Waals surface area (Å²) in [4.78, 5) is 4.19. The number of sulfone groups is 1. The number of aryl methyl sites for hydroxylation is 1. The molecule has 0 amide bonds. The Labute approximate surface area is 101 Å². The molecular formula is C11H15N3O2S. The summed E-state index contributed by atoms with van der Waals surface area (Å²) in [6, 6.07) is 5.14. The van der Waals surface area contributed by atoms with Gasteiger partial charge in [-0.15, -0.1) is 0 Å². The van der Waals surface area contributed by atoms with Gasteiger partial charge in [-0.1, -0.05) is 0 Å². The third-order valence-corrected chi connectivity index (χ3v) is 3.20. The fourth-order valence-electron chi connectivity index (χ4n) is 1.49. The van der Waals surface area contributed by atoms with Crippen molar-refractivity contribution in [3.8, 4) is 6.07 Å². The van der Waals surface area contributed by atoms with E-state index in [1.165, 1.54) is 6.26 Å². The number of rotatable bonds is 4. The molecule has 1 N–H and O–H groups in total. The second-order valence-electron chi connectivity index (χ2n) is 4.10. The van der Waals surface area contributed by atoms with Crippen molar-refractivity contribution < 1.29 is 8.42 Å². The van der Waals surface area contributed by atoms with Crippen LogP contribution in [0.3, 0.4) is 0 Å². The summed E-state index contributed by atoms with van der Waals surface area (Å²) < 4.78 is 22.3. The van der Waals surface area contributed by atoms with Crippen molar-refractivity contribution in [3.05, 3.63) is 23.4 Å². The SMILES string of the molecule is Cc1ccc(C#N)c(NC(C)CS(C)(=O)=O)n1. The molecule has 0 aliphatic rings. The van der Waals surface area contributed by atoms with Crippen molar-refractivity contribution in [3.63, 3.8) is 0 Å². The van der Waals surface area contributed by atoms with Crippen LogP contribution < -0.4 is 5.32 Å². The highest BCUT2D eigenvalue weighted by atomic mass is 32.2. The molecule has 0 fully saturated rings. The van der Waals surface area contributed by atoms with Gasteiger partial charge in [-0.05, 0) is 26.0 Å². The Balaban J connectivity index is 2.88. The van der Waals surface area contributed by atoms with Gasteiger partial charge in [0.25, 0.3) is 0 Å². The van der Waals surface area contributed by atoms with E-state index < -0.39 is 9.84 Å². The summed E-state index contributed by atoms with van der Waals surface area (Å²) in [7, 11) is -3.05. The summed E-state index contributed by atoms with van der Waals surface area (Å²) in [5.74, 6) is 0.441. The third kappa shape index (κ3) is 4.41. The van der Waals surface area contributed by atoms with Gasteiger partial charge in [-0.3, -0.25) is 0 Å². The third-order valence-electron chi connectivity index (χ3n) is 2.09. The highest BCUT2D eigenvalue weighted by molar-refractivity contribution is 7.90. The first-order chi connectivity index (χ1) is 7.81. The van der Waals surface area contributed by atoms with E-state index in [0.717, 1.165) is 5.69 Å². The smallest absolute Gasteiger partial charge is 0.149 e. The lowest BCUT2D eigenvalue weighted by Gasteiger charge is -2.14. The van der Waals surface area contributed by atoms with Crippen LogP contribution in [-0.4, -0.2) is 31.5 Å². The average Bonchev–Trinajstić information content (AvgIpc) is 2.14. The Morgan fingerprint density at radius 1 is 1.53 bits per heavy atom. The topological polar surface area (TPSA) is 82.9 Å². The predicted octanol–water partition coefficient (Wildman–Crippen LogP) is 1.11. The lowest BCUT2D eigenvalue weighted by molar-refractivity contribution is 0.598. The molecule has 1 aromatic rings. The summed E-state index contributed by atoms with van der Waals surface area (Å²) >= 11 is 0. The number of hydrogen-bond acceptors (Lipinski definition) is 5. The van der Waals surface area contributed by atoms with Crippen molar-refractivity contribution in [1.29, 1.82) is 5.26 Å². The molecule has 0 saturated carbocycles. The lowest BCUT2D eigenvalue weighted by atomic mass is 10.2. The second-order valence-corrected chi connectivity index (χ2v) is 6.28. The molecule has 0 aromatic carbocycles. The van der Waals surface area contributed by atoms with Gasteiger partial charge >= 0.3 is 0 Å². The Kier molecular flexibility index (Phi) is 4.07. The zero-order valence-corrected chi connectivity index (χ0v) is 10.9. The molecule has 0 spiro atoms. The standard InChI is InChI=1S/C11H15N3O2S/c1-8-4-5-10(6-12)11(13-8)14-9(2)7-17(3,15)16/h4-5,9H,7H2,1-3H3,(H,13,14). The predicted molar refractivity (Wildman–Crippen MR) is 66.5 cm³/mol. The molecule has 0 aliphatic carbocycles. The van der Waals surface area contributed by atoms with E-state index in [1.807, 2.05) is 13.0 Å². The molecule has 1 rings (SSSR count). The van der Waals surface area contributed by atoms with Crippen molar-refractivity contribution in [2.75, 3.05) is 17.3 Å². The monoisotopic (exact) mass is 253 g/mol.